The zero-order chi connectivity index (χ0) is 12.3. The summed E-state index contributed by atoms with van der Waals surface area (Å²) in [6, 6.07) is 7.43. The highest BCUT2D eigenvalue weighted by Crippen LogP contribution is 2.20. The van der Waals surface area contributed by atoms with E-state index in [0.717, 1.165) is 17.5 Å². The number of carbonyl (C=O) groups is 1. The van der Waals surface area contributed by atoms with Crippen LogP contribution in [0.3, 0.4) is 0 Å². The Labute approximate surface area is 99.9 Å². The van der Waals surface area contributed by atoms with Crippen molar-refractivity contribution in [2.75, 3.05) is 0 Å². The maximum Gasteiger partial charge on any atom is 0.160 e. The van der Waals surface area contributed by atoms with Crippen LogP contribution in [-0.4, -0.2) is 13.9 Å². The van der Waals surface area contributed by atoms with Gasteiger partial charge in [-0.2, -0.15) is 0 Å². The third kappa shape index (κ3) is 3.60. The Morgan fingerprint density at radius 3 is 2.38 bits per heavy atom. The fourth-order valence-electron chi connectivity index (χ4n) is 1.95. The third-order valence-corrected chi connectivity index (χ3v) is 4.61. The zero-order valence-corrected chi connectivity index (χ0v) is 12.1. The molecule has 1 rings (SSSR count). The molecular weight excluding hydrogens is 212 g/mol. The topological polar surface area (TPSA) is 17.1 Å². The molecule has 0 atom stereocenters. The molecule has 0 aliphatic carbocycles. The highest BCUT2D eigenvalue weighted by Gasteiger charge is 2.15. The molecule has 0 bridgehead atoms. The summed E-state index contributed by atoms with van der Waals surface area (Å²) in [5, 5.41) is 0. The van der Waals surface area contributed by atoms with Crippen molar-refractivity contribution in [2.45, 2.75) is 46.0 Å². The Morgan fingerprint density at radius 1 is 1.25 bits per heavy atom. The first-order valence-electron chi connectivity index (χ1n) is 5.91. The van der Waals surface area contributed by atoms with E-state index in [1.165, 1.54) is 11.6 Å². The molecule has 0 radical (unpaired) electrons. The summed E-state index contributed by atoms with van der Waals surface area (Å²) >= 11 is 0. The fourth-order valence-corrected chi connectivity index (χ4v) is 2.97. The SMILES string of the molecule is CC(=O)c1c(C)cccc1CC[Si](C)(C)C. The van der Waals surface area contributed by atoms with Crippen molar-refractivity contribution in [1.29, 1.82) is 0 Å². The van der Waals surface area contributed by atoms with Gasteiger partial charge in [0.2, 0.25) is 0 Å². The zero-order valence-electron chi connectivity index (χ0n) is 11.1. The molecule has 16 heavy (non-hydrogen) atoms. The van der Waals surface area contributed by atoms with Crippen LogP contribution in [0.1, 0.15) is 28.4 Å². The van der Waals surface area contributed by atoms with Gasteiger partial charge in [0.15, 0.2) is 5.78 Å². The van der Waals surface area contributed by atoms with Crippen molar-refractivity contribution in [3.63, 3.8) is 0 Å². The summed E-state index contributed by atoms with van der Waals surface area (Å²) in [4.78, 5) is 11.6. The summed E-state index contributed by atoms with van der Waals surface area (Å²) in [6.45, 7) is 10.8. The van der Waals surface area contributed by atoms with Crippen molar-refractivity contribution < 1.29 is 4.79 Å². The summed E-state index contributed by atoms with van der Waals surface area (Å²) in [5.41, 5.74) is 3.29. The largest absolute Gasteiger partial charge is 0.294 e. The Bertz CT molecular complexity index is 388. The average molecular weight is 234 g/mol. The van der Waals surface area contributed by atoms with E-state index in [9.17, 15) is 4.79 Å². The molecule has 1 nitrogen and oxygen atoms in total. The minimum atomic E-state index is -1.03. The molecule has 1 aromatic rings. The lowest BCUT2D eigenvalue weighted by molar-refractivity contribution is 0.101. The van der Waals surface area contributed by atoms with Crippen LogP contribution < -0.4 is 0 Å². The first kappa shape index (κ1) is 13.2. The number of rotatable bonds is 4. The highest BCUT2D eigenvalue weighted by atomic mass is 28.3. The number of carbonyl (C=O) groups excluding carboxylic acids is 1. The van der Waals surface area contributed by atoms with Gasteiger partial charge >= 0.3 is 0 Å². The fraction of sp³-hybridized carbons (Fsp3) is 0.500. The predicted molar refractivity (Wildman–Crippen MR) is 73.0 cm³/mol. The first-order chi connectivity index (χ1) is 7.31. The van der Waals surface area contributed by atoms with E-state index in [0.29, 0.717) is 0 Å². The van der Waals surface area contributed by atoms with Crippen LogP contribution in [0.4, 0.5) is 0 Å². The highest BCUT2D eigenvalue weighted by molar-refractivity contribution is 6.76. The molecule has 0 aliphatic heterocycles. The van der Waals surface area contributed by atoms with Gasteiger partial charge in [0.25, 0.3) is 0 Å². The average Bonchev–Trinajstić information content (AvgIpc) is 2.12. The molecule has 0 N–H and O–H groups in total. The predicted octanol–water partition coefficient (Wildman–Crippen LogP) is 4.08. The molecule has 0 spiro atoms. The Balaban J connectivity index is 2.96. The number of Topliss-reactive ketones (excluding diaryl/α,β-unsaturated/α-hetero) is 1. The van der Waals surface area contributed by atoms with E-state index in [4.69, 9.17) is 0 Å². The minimum Gasteiger partial charge on any atom is -0.294 e. The summed E-state index contributed by atoms with van der Waals surface area (Å²) < 4.78 is 0. The van der Waals surface area contributed by atoms with Gasteiger partial charge in [0, 0.05) is 13.6 Å². The van der Waals surface area contributed by atoms with Crippen LogP contribution in [0.5, 0.6) is 0 Å². The molecule has 2 heteroatoms. The van der Waals surface area contributed by atoms with Gasteiger partial charge in [-0.3, -0.25) is 4.79 Å². The van der Waals surface area contributed by atoms with Gasteiger partial charge < -0.3 is 0 Å². The molecule has 0 fully saturated rings. The number of benzene rings is 1. The second-order valence-electron chi connectivity index (χ2n) is 5.73. The van der Waals surface area contributed by atoms with Gasteiger partial charge in [-0.25, -0.2) is 0 Å². The van der Waals surface area contributed by atoms with Gasteiger partial charge in [-0.15, -0.1) is 0 Å². The van der Waals surface area contributed by atoms with Crippen LogP contribution in [-0.2, 0) is 6.42 Å². The van der Waals surface area contributed by atoms with Gasteiger partial charge in [-0.1, -0.05) is 43.9 Å². The number of hydrogen-bond donors (Lipinski definition) is 0. The molecule has 0 unspecified atom stereocenters. The number of ketones is 1. The van der Waals surface area contributed by atoms with Crippen LogP contribution >= 0.6 is 0 Å². The van der Waals surface area contributed by atoms with Crippen LogP contribution in [0.2, 0.25) is 25.7 Å². The quantitative estimate of drug-likeness (QED) is 0.567. The van der Waals surface area contributed by atoms with Crippen molar-refractivity contribution in [1.82, 2.24) is 0 Å². The normalized spacial score (nSPS) is 11.6. The lowest BCUT2D eigenvalue weighted by Gasteiger charge is -2.17. The first-order valence-corrected chi connectivity index (χ1v) is 9.61. The van der Waals surface area contributed by atoms with E-state index in [1.807, 2.05) is 13.0 Å². The molecule has 0 saturated carbocycles. The third-order valence-electron chi connectivity index (χ3n) is 2.86. The summed E-state index contributed by atoms with van der Waals surface area (Å²) in [7, 11) is -1.03. The van der Waals surface area contributed by atoms with Crippen molar-refractivity contribution in [2.24, 2.45) is 0 Å². The second kappa shape index (κ2) is 4.96. The van der Waals surface area contributed by atoms with E-state index in [1.54, 1.807) is 6.92 Å². The maximum absolute atomic E-state index is 11.6. The van der Waals surface area contributed by atoms with E-state index in [-0.39, 0.29) is 5.78 Å². The van der Waals surface area contributed by atoms with E-state index in [2.05, 4.69) is 31.8 Å². The lowest BCUT2D eigenvalue weighted by atomic mass is 9.97. The Hall–Kier alpha value is -0.893. The van der Waals surface area contributed by atoms with Crippen molar-refractivity contribution in [3.05, 3.63) is 34.9 Å². The van der Waals surface area contributed by atoms with Crippen LogP contribution in [0, 0.1) is 6.92 Å². The van der Waals surface area contributed by atoms with Crippen molar-refractivity contribution >= 4 is 13.9 Å². The van der Waals surface area contributed by atoms with Gasteiger partial charge in [-0.05, 0) is 31.4 Å². The standard InChI is InChI=1S/C14H22OSi/c1-11-7-6-8-13(14(11)12(2)15)9-10-16(3,4)5/h6-8H,9-10H2,1-5H3. The van der Waals surface area contributed by atoms with E-state index < -0.39 is 8.07 Å². The molecule has 0 amide bonds. The number of aryl methyl sites for hydroxylation is 2. The van der Waals surface area contributed by atoms with Crippen LogP contribution in [0.15, 0.2) is 18.2 Å². The van der Waals surface area contributed by atoms with Gasteiger partial charge in [0.05, 0.1) is 0 Å². The molecule has 1 aromatic carbocycles. The minimum absolute atomic E-state index is 0.198. The van der Waals surface area contributed by atoms with E-state index >= 15 is 0 Å². The molecule has 88 valence electrons. The monoisotopic (exact) mass is 234 g/mol. The molecule has 0 heterocycles. The Morgan fingerprint density at radius 2 is 1.88 bits per heavy atom. The summed E-state index contributed by atoms with van der Waals surface area (Å²) in [5.74, 6) is 0.198. The molecular formula is C14H22OSi. The Kier molecular flexibility index (Phi) is 4.08. The molecule has 0 aliphatic rings. The lowest BCUT2D eigenvalue weighted by Crippen LogP contribution is -2.20. The molecule has 0 aromatic heterocycles. The van der Waals surface area contributed by atoms with Crippen molar-refractivity contribution in [3.8, 4) is 0 Å². The molecule has 0 saturated heterocycles. The smallest absolute Gasteiger partial charge is 0.160 e. The summed E-state index contributed by atoms with van der Waals surface area (Å²) in [6.07, 6.45) is 1.05. The second-order valence-corrected chi connectivity index (χ2v) is 11.3. The number of hydrogen-bond acceptors (Lipinski definition) is 1. The maximum atomic E-state index is 11.6. The van der Waals surface area contributed by atoms with Gasteiger partial charge in [0.1, 0.15) is 0 Å². The van der Waals surface area contributed by atoms with Crippen LogP contribution in [0.25, 0.3) is 0 Å².